The molecule has 0 fully saturated rings. The van der Waals surface area contributed by atoms with Crippen molar-refractivity contribution in [2.75, 3.05) is 6.61 Å². The average molecular weight is 210 g/mol. The molecule has 1 unspecified atom stereocenters. The van der Waals surface area contributed by atoms with Crippen LogP contribution in [0.25, 0.3) is 0 Å². The van der Waals surface area contributed by atoms with E-state index >= 15 is 0 Å². The molecule has 0 amide bonds. The van der Waals surface area contributed by atoms with Crippen molar-refractivity contribution < 1.29 is 13.9 Å². The van der Waals surface area contributed by atoms with Crippen molar-refractivity contribution in [1.82, 2.24) is 0 Å². The second kappa shape index (κ2) is 5.61. The summed E-state index contributed by atoms with van der Waals surface area (Å²) in [5.41, 5.74) is 0.713. The third kappa shape index (κ3) is 3.13. The van der Waals surface area contributed by atoms with Crippen LogP contribution < -0.4 is 0 Å². The Morgan fingerprint density at radius 2 is 1.93 bits per heavy atom. The van der Waals surface area contributed by atoms with E-state index in [9.17, 15) is 9.18 Å². The van der Waals surface area contributed by atoms with Crippen molar-refractivity contribution in [3.05, 3.63) is 35.6 Å². The number of carbonyl (C=O) groups is 1. The molecule has 0 saturated carbocycles. The van der Waals surface area contributed by atoms with Crippen molar-refractivity contribution in [2.24, 2.45) is 0 Å². The molecule has 2 nitrogen and oxygen atoms in total. The Hall–Kier alpha value is -1.22. The third-order valence-corrected chi connectivity index (χ3v) is 2.15. The number of benzene rings is 1. The first kappa shape index (κ1) is 11.9. The first-order valence-electron chi connectivity index (χ1n) is 5.08. The Kier molecular flexibility index (Phi) is 4.43. The van der Waals surface area contributed by atoms with Crippen molar-refractivity contribution in [3.8, 4) is 0 Å². The SMILES string of the molecule is CCOC(C(=O)CC)c1ccc(F)cc1. The summed E-state index contributed by atoms with van der Waals surface area (Å²) in [6.07, 6.45) is -0.136. The van der Waals surface area contributed by atoms with E-state index in [1.54, 1.807) is 19.1 Å². The molecule has 0 aliphatic heterocycles. The van der Waals surface area contributed by atoms with Gasteiger partial charge in [-0.1, -0.05) is 19.1 Å². The van der Waals surface area contributed by atoms with E-state index in [2.05, 4.69) is 0 Å². The topological polar surface area (TPSA) is 26.3 Å². The van der Waals surface area contributed by atoms with E-state index in [0.717, 1.165) is 0 Å². The molecule has 0 aliphatic rings. The Morgan fingerprint density at radius 3 is 2.40 bits per heavy atom. The number of carbonyl (C=O) groups excluding carboxylic acids is 1. The fraction of sp³-hybridized carbons (Fsp3) is 0.417. The largest absolute Gasteiger partial charge is 0.366 e. The molecule has 0 N–H and O–H groups in total. The van der Waals surface area contributed by atoms with Gasteiger partial charge in [0, 0.05) is 13.0 Å². The number of Topliss-reactive ketones (excluding diaryl/α,β-unsaturated/α-hetero) is 1. The van der Waals surface area contributed by atoms with Gasteiger partial charge in [-0.2, -0.15) is 0 Å². The Labute approximate surface area is 89.1 Å². The minimum atomic E-state index is -0.555. The standard InChI is InChI=1S/C12H15FO2/c1-3-11(14)12(15-4-2)9-5-7-10(13)8-6-9/h5-8,12H,3-4H2,1-2H3. The minimum absolute atomic E-state index is 0.0171. The Morgan fingerprint density at radius 1 is 1.33 bits per heavy atom. The molecule has 0 aromatic heterocycles. The molecule has 0 saturated heterocycles. The smallest absolute Gasteiger partial charge is 0.165 e. The summed E-state index contributed by atoms with van der Waals surface area (Å²) < 4.78 is 18.0. The highest BCUT2D eigenvalue weighted by Crippen LogP contribution is 2.20. The van der Waals surface area contributed by atoms with Crippen LogP contribution in [0.5, 0.6) is 0 Å². The number of halogens is 1. The van der Waals surface area contributed by atoms with Gasteiger partial charge in [-0.25, -0.2) is 4.39 Å². The average Bonchev–Trinajstić information content (AvgIpc) is 2.26. The first-order valence-corrected chi connectivity index (χ1v) is 5.08. The number of ketones is 1. The van der Waals surface area contributed by atoms with Crippen molar-refractivity contribution in [1.29, 1.82) is 0 Å². The summed E-state index contributed by atoms with van der Waals surface area (Å²) in [7, 11) is 0. The first-order chi connectivity index (χ1) is 7.19. The molecule has 1 aromatic rings. The van der Waals surface area contributed by atoms with Gasteiger partial charge < -0.3 is 4.74 Å². The molecule has 0 bridgehead atoms. The fourth-order valence-corrected chi connectivity index (χ4v) is 1.36. The summed E-state index contributed by atoms with van der Waals surface area (Å²) >= 11 is 0. The third-order valence-electron chi connectivity index (χ3n) is 2.15. The monoisotopic (exact) mass is 210 g/mol. The van der Waals surface area contributed by atoms with Gasteiger partial charge in [-0.05, 0) is 24.6 Å². The Balaban J connectivity index is 2.88. The molecule has 1 aromatic carbocycles. The lowest BCUT2D eigenvalue weighted by molar-refractivity contribution is -0.130. The molecule has 0 radical (unpaired) electrons. The van der Waals surface area contributed by atoms with Crippen LogP contribution in [0.15, 0.2) is 24.3 Å². The maximum atomic E-state index is 12.7. The fourth-order valence-electron chi connectivity index (χ4n) is 1.36. The summed E-state index contributed by atoms with van der Waals surface area (Å²) in [5, 5.41) is 0. The number of rotatable bonds is 5. The number of hydrogen-bond acceptors (Lipinski definition) is 2. The maximum Gasteiger partial charge on any atom is 0.165 e. The molecular weight excluding hydrogens is 195 g/mol. The summed E-state index contributed by atoms with van der Waals surface area (Å²) in [6, 6.07) is 5.85. The van der Waals surface area contributed by atoms with Crippen molar-refractivity contribution >= 4 is 5.78 Å². The lowest BCUT2D eigenvalue weighted by Gasteiger charge is -2.15. The summed E-state index contributed by atoms with van der Waals surface area (Å²) in [6.45, 7) is 4.09. The van der Waals surface area contributed by atoms with E-state index in [4.69, 9.17) is 4.74 Å². The highest BCUT2D eigenvalue weighted by molar-refractivity contribution is 5.84. The molecular formula is C12H15FO2. The predicted molar refractivity (Wildman–Crippen MR) is 56.1 cm³/mol. The van der Waals surface area contributed by atoms with E-state index in [1.807, 2.05) is 6.92 Å². The van der Waals surface area contributed by atoms with Gasteiger partial charge >= 0.3 is 0 Å². The van der Waals surface area contributed by atoms with Crippen LogP contribution in [0.1, 0.15) is 31.9 Å². The van der Waals surface area contributed by atoms with Crippen molar-refractivity contribution in [2.45, 2.75) is 26.4 Å². The number of hydrogen-bond donors (Lipinski definition) is 0. The van der Waals surface area contributed by atoms with Gasteiger partial charge in [0.1, 0.15) is 11.9 Å². The van der Waals surface area contributed by atoms with E-state index in [1.165, 1.54) is 12.1 Å². The zero-order chi connectivity index (χ0) is 11.3. The van der Waals surface area contributed by atoms with Crippen LogP contribution in [-0.2, 0) is 9.53 Å². The van der Waals surface area contributed by atoms with Gasteiger partial charge in [0.2, 0.25) is 0 Å². The van der Waals surface area contributed by atoms with Crippen LogP contribution in [-0.4, -0.2) is 12.4 Å². The van der Waals surface area contributed by atoms with Gasteiger partial charge in [0.15, 0.2) is 5.78 Å². The summed E-state index contributed by atoms with van der Waals surface area (Å²) in [4.78, 5) is 11.6. The highest BCUT2D eigenvalue weighted by atomic mass is 19.1. The molecule has 0 spiro atoms. The molecule has 0 heterocycles. The molecule has 1 atom stereocenters. The van der Waals surface area contributed by atoms with Crippen LogP contribution in [0.2, 0.25) is 0 Å². The minimum Gasteiger partial charge on any atom is -0.366 e. The van der Waals surface area contributed by atoms with Crippen molar-refractivity contribution in [3.63, 3.8) is 0 Å². The van der Waals surface area contributed by atoms with E-state index in [0.29, 0.717) is 18.6 Å². The highest BCUT2D eigenvalue weighted by Gasteiger charge is 2.18. The zero-order valence-electron chi connectivity index (χ0n) is 9.00. The second-order valence-corrected chi connectivity index (χ2v) is 3.21. The molecule has 3 heteroatoms. The molecule has 82 valence electrons. The van der Waals surface area contributed by atoms with Gasteiger partial charge in [-0.15, -0.1) is 0 Å². The second-order valence-electron chi connectivity index (χ2n) is 3.21. The Bertz CT molecular complexity index is 319. The van der Waals surface area contributed by atoms with Crippen LogP contribution >= 0.6 is 0 Å². The summed E-state index contributed by atoms with van der Waals surface area (Å²) in [5.74, 6) is -0.290. The molecule has 0 aliphatic carbocycles. The van der Waals surface area contributed by atoms with Crippen LogP contribution in [0, 0.1) is 5.82 Å². The quantitative estimate of drug-likeness (QED) is 0.747. The normalized spacial score (nSPS) is 12.5. The lowest BCUT2D eigenvalue weighted by atomic mass is 10.0. The predicted octanol–water partition coefficient (Wildman–Crippen LogP) is 2.88. The van der Waals surface area contributed by atoms with E-state index in [-0.39, 0.29) is 11.6 Å². The van der Waals surface area contributed by atoms with Gasteiger partial charge in [0.05, 0.1) is 0 Å². The molecule has 1 rings (SSSR count). The van der Waals surface area contributed by atoms with Crippen LogP contribution in [0.4, 0.5) is 4.39 Å². The molecule has 15 heavy (non-hydrogen) atoms. The zero-order valence-corrected chi connectivity index (χ0v) is 9.00. The lowest BCUT2D eigenvalue weighted by Crippen LogP contribution is -2.15. The number of ether oxygens (including phenoxy) is 1. The maximum absolute atomic E-state index is 12.7. The van der Waals surface area contributed by atoms with E-state index < -0.39 is 6.10 Å². The van der Waals surface area contributed by atoms with Gasteiger partial charge in [-0.3, -0.25) is 4.79 Å². The van der Waals surface area contributed by atoms with Gasteiger partial charge in [0.25, 0.3) is 0 Å². The van der Waals surface area contributed by atoms with Crippen LogP contribution in [0.3, 0.4) is 0 Å².